The van der Waals surface area contributed by atoms with Gasteiger partial charge >= 0.3 is 0 Å². The number of halogens is 1. The van der Waals surface area contributed by atoms with E-state index in [0.717, 1.165) is 25.7 Å². The molecule has 1 fully saturated rings. The number of nitrogens with two attached hydrogens (primary N) is 1. The topological polar surface area (TPSA) is 55.1 Å². The largest absolute Gasteiger partial charge is 0.399 e. The van der Waals surface area contributed by atoms with Gasteiger partial charge in [-0.3, -0.25) is 4.79 Å². The molecular formula is C12H15FN2O. The molecule has 86 valence electrons. The summed E-state index contributed by atoms with van der Waals surface area (Å²) >= 11 is 0. The number of hydrogen-bond acceptors (Lipinski definition) is 2. The van der Waals surface area contributed by atoms with Crippen LogP contribution in [-0.4, -0.2) is 11.9 Å². The third-order valence-electron chi connectivity index (χ3n) is 2.93. The van der Waals surface area contributed by atoms with Crippen LogP contribution >= 0.6 is 0 Å². The smallest absolute Gasteiger partial charge is 0.254 e. The second-order valence-corrected chi connectivity index (χ2v) is 4.19. The monoisotopic (exact) mass is 222 g/mol. The van der Waals surface area contributed by atoms with Crippen LogP contribution in [0.25, 0.3) is 0 Å². The third kappa shape index (κ3) is 2.32. The Hall–Kier alpha value is -1.58. The van der Waals surface area contributed by atoms with E-state index in [9.17, 15) is 9.18 Å². The second kappa shape index (κ2) is 4.51. The first-order valence-electron chi connectivity index (χ1n) is 5.52. The maximum Gasteiger partial charge on any atom is 0.254 e. The van der Waals surface area contributed by atoms with Gasteiger partial charge in [-0.05, 0) is 31.0 Å². The van der Waals surface area contributed by atoms with Crippen LogP contribution in [0.1, 0.15) is 36.0 Å². The average molecular weight is 222 g/mol. The van der Waals surface area contributed by atoms with Crippen molar-refractivity contribution in [2.24, 2.45) is 0 Å². The Morgan fingerprint density at radius 1 is 1.38 bits per heavy atom. The molecule has 0 heterocycles. The number of benzene rings is 1. The number of hydrogen-bond donors (Lipinski definition) is 2. The lowest BCUT2D eigenvalue weighted by Crippen LogP contribution is -2.33. The Labute approximate surface area is 93.8 Å². The van der Waals surface area contributed by atoms with Gasteiger partial charge in [-0.2, -0.15) is 0 Å². The first-order valence-corrected chi connectivity index (χ1v) is 5.52. The number of carbonyl (C=O) groups is 1. The van der Waals surface area contributed by atoms with Gasteiger partial charge in [-0.25, -0.2) is 4.39 Å². The molecule has 4 heteroatoms. The van der Waals surface area contributed by atoms with E-state index >= 15 is 0 Å². The molecule has 0 spiro atoms. The average Bonchev–Trinajstić information content (AvgIpc) is 2.70. The predicted octanol–water partition coefficient (Wildman–Crippen LogP) is 2.08. The highest BCUT2D eigenvalue weighted by Crippen LogP contribution is 2.19. The molecule has 3 N–H and O–H groups in total. The summed E-state index contributed by atoms with van der Waals surface area (Å²) in [6.07, 6.45) is 4.25. The molecule has 0 saturated heterocycles. The summed E-state index contributed by atoms with van der Waals surface area (Å²) in [4.78, 5) is 11.7. The minimum Gasteiger partial charge on any atom is -0.399 e. The molecule has 3 nitrogen and oxygen atoms in total. The molecule has 0 unspecified atom stereocenters. The van der Waals surface area contributed by atoms with E-state index in [4.69, 9.17) is 5.73 Å². The maximum atomic E-state index is 13.4. The summed E-state index contributed by atoms with van der Waals surface area (Å²) in [5.41, 5.74) is 5.82. The van der Waals surface area contributed by atoms with Crippen LogP contribution in [-0.2, 0) is 0 Å². The second-order valence-electron chi connectivity index (χ2n) is 4.19. The summed E-state index contributed by atoms with van der Waals surface area (Å²) in [6, 6.07) is 4.33. The number of rotatable bonds is 2. The van der Waals surface area contributed by atoms with Crippen molar-refractivity contribution < 1.29 is 9.18 Å². The van der Waals surface area contributed by atoms with Crippen LogP contribution < -0.4 is 11.1 Å². The molecule has 0 bridgehead atoms. The summed E-state index contributed by atoms with van der Waals surface area (Å²) in [5.74, 6) is -0.903. The zero-order valence-electron chi connectivity index (χ0n) is 9.00. The van der Waals surface area contributed by atoms with Crippen LogP contribution in [0.15, 0.2) is 18.2 Å². The van der Waals surface area contributed by atoms with Crippen LogP contribution in [0, 0.1) is 5.82 Å². The van der Waals surface area contributed by atoms with Crippen molar-refractivity contribution in [3.63, 3.8) is 0 Å². The Morgan fingerprint density at radius 2 is 2.06 bits per heavy atom. The molecule has 1 aromatic carbocycles. The van der Waals surface area contributed by atoms with Crippen LogP contribution in [0.2, 0.25) is 0 Å². The SMILES string of the molecule is Nc1ccc(C(=O)NC2CCCC2)c(F)c1. The van der Waals surface area contributed by atoms with Crippen molar-refractivity contribution in [2.45, 2.75) is 31.7 Å². The molecule has 1 aliphatic rings. The Bertz CT molecular complexity index is 400. The standard InChI is InChI=1S/C12H15FN2O/c13-11-7-8(14)5-6-10(11)12(16)15-9-3-1-2-4-9/h5-7,9H,1-4,14H2,(H,15,16). The molecule has 1 amide bonds. The predicted molar refractivity (Wildman–Crippen MR) is 60.5 cm³/mol. The normalized spacial score (nSPS) is 16.3. The molecule has 0 aromatic heterocycles. The summed E-state index contributed by atoms with van der Waals surface area (Å²) in [5, 5.41) is 2.84. The molecule has 0 radical (unpaired) electrons. The zero-order chi connectivity index (χ0) is 11.5. The van der Waals surface area contributed by atoms with E-state index in [2.05, 4.69) is 5.32 Å². The lowest BCUT2D eigenvalue weighted by molar-refractivity contribution is 0.0934. The van der Waals surface area contributed by atoms with E-state index in [-0.39, 0.29) is 17.5 Å². The van der Waals surface area contributed by atoms with Crippen molar-refractivity contribution in [1.29, 1.82) is 0 Å². The van der Waals surface area contributed by atoms with Crippen molar-refractivity contribution in [3.8, 4) is 0 Å². The van der Waals surface area contributed by atoms with Crippen molar-refractivity contribution >= 4 is 11.6 Å². The van der Waals surface area contributed by atoms with Crippen molar-refractivity contribution in [1.82, 2.24) is 5.32 Å². The van der Waals surface area contributed by atoms with E-state index in [1.807, 2.05) is 0 Å². The highest BCUT2D eigenvalue weighted by atomic mass is 19.1. The quantitative estimate of drug-likeness (QED) is 0.753. The van der Waals surface area contributed by atoms with Gasteiger partial charge in [0.1, 0.15) is 5.82 Å². The Morgan fingerprint density at radius 3 is 2.69 bits per heavy atom. The molecule has 0 aliphatic heterocycles. The van der Waals surface area contributed by atoms with Crippen LogP contribution in [0.3, 0.4) is 0 Å². The number of amides is 1. The van der Waals surface area contributed by atoms with Gasteiger partial charge in [0.15, 0.2) is 0 Å². The lowest BCUT2D eigenvalue weighted by atomic mass is 10.1. The lowest BCUT2D eigenvalue weighted by Gasteiger charge is -2.12. The number of carbonyl (C=O) groups excluding carboxylic acids is 1. The number of nitrogen functional groups attached to an aromatic ring is 1. The van der Waals surface area contributed by atoms with E-state index in [1.165, 1.54) is 18.2 Å². The fourth-order valence-electron chi connectivity index (χ4n) is 2.05. The van der Waals surface area contributed by atoms with Gasteiger partial charge in [0.05, 0.1) is 5.56 Å². The molecule has 1 aliphatic carbocycles. The highest BCUT2D eigenvalue weighted by molar-refractivity contribution is 5.95. The molecule has 0 atom stereocenters. The third-order valence-corrected chi connectivity index (χ3v) is 2.93. The molecule has 16 heavy (non-hydrogen) atoms. The van der Waals surface area contributed by atoms with Gasteiger partial charge in [-0.15, -0.1) is 0 Å². The van der Waals surface area contributed by atoms with Gasteiger partial charge in [-0.1, -0.05) is 12.8 Å². The molecule has 2 rings (SSSR count). The fourth-order valence-corrected chi connectivity index (χ4v) is 2.05. The van der Waals surface area contributed by atoms with E-state index in [1.54, 1.807) is 0 Å². The Balaban J connectivity index is 2.08. The summed E-state index contributed by atoms with van der Waals surface area (Å²) in [6.45, 7) is 0. The highest BCUT2D eigenvalue weighted by Gasteiger charge is 2.19. The van der Waals surface area contributed by atoms with Gasteiger partial charge in [0.25, 0.3) is 5.91 Å². The first kappa shape index (κ1) is 10.9. The molecular weight excluding hydrogens is 207 g/mol. The van der Waals surface area contributed by atoms with E-state index < -0.39 is 5.82 Å². The van der Waals surface area contributed by atoms with E-state index in [0.29, 0.717) is 5.69 Å². The summed E-state index contributed by atoms with van der Waals surface area (Å²) < 4.78 is 13.4. The zero-order valence-corrected chi connectivity index (χ0v) is 9.00. The Kier molecular flexibility index (Phi) is 3.08. The number of anilines is 1. The summed E-state index contributed by atoms with van der Waals surface area (Å²) in [7, 11) is 0. The fraction of sp³-hybridized carbons (Fsp3) is 0.417. The number of nitrogens with one attached hydrogen (secondary N) is 1. The molecule has 1 saturated carbocycles. The minimum absolute atomic E-state index is 0.0705. The van der Waals surface area contributed by atoms with Crippen molar-refractivity contribution in [2.75, 3.05) is 5.73 Å². The van der Waals surface area contributed by atoms with Crippen LogP contribution in [0.5, 0.6) is 0 Å². The van der Waals surface area contributed by atoms with Crippen LogP contribution in [0.4, 0.5) is 10.1 Å². The molecule has 1 aromatic rings. The minimum atomic E-state index is -0.560. The van der Waals surface area contributed by atoms with Gasteiger partial charge < -0.3 is 11.1 Å². The van der Waals surface area contributed by atoms with Gasteiger partial charge in [0, 0.05) is 11.7 Å². The first-order chi connectivity index (χ1) is 7.66. The maximum absolute atomic E-state index is 13.4. The van der Waals surface area contributed by atoms with Gasteiger partial charge in [0.2, 0.25) is 0 Å². The van der Waals surface area contributed by atoms with Crippen molar-refractivity contribution in [3.05, 3.63) is 29.6 Å².